The zero-order chi connectivity index (χ0) is 16.7. The molecular weight excluding hydrogens is 329 g/mol. The summed E-state index contributed by atoms with van der Waals surface area (Å²) in [7, 11) is -3.12. The Morgan fingerprint density at radius 3 is 2.62 bits per heavy atom. The van der Waals surface area contributed by atoms with Crippen molar-refractivity contribution in [2.24, 2.45) is 0 Å². The van der Waals surface area contributed by atoms with Gasteiger partial charge in [-0.2, -0.15) is 5.10 Å². The lowest BCUT2D eigenvalue weighted by atomic mass is 9.96. The van der Waals surface area contributed by atoms with Gasteiger partial charge in [0.1, 0.15) is 5.82 Å². The van der Waals surface area contributed by atoms with Crippen molar-refractivity contribution in [2.75, 3.05) is 13.1 Å². The summed E-state index contributed by atoms with van der Waals surface area (Å²) in [6, 6.07) is 8.16. The van der Waals surface area contributed by atoms with Crippen molar-refractivity contribution in [1.82, 2.24) is 14.5 Å². The molecule has 24 heavy (non-hydrogen) atoms. The van der Waals surface area contributed by atoms with E-state index in [-0.39, 0.29) is 17.0 Å². The molecule has 1 N–H and O–H groups in total. The fourth-order valence-corrected chi connectivity index (χ4v) is 5.24. The van der Waals surface area contributed by atoms with Crippen molar-refractivity contribution in [2.45, 2.75) is 36.9 Å². The molecule has 0 radical (unpaired) electrons. The molecule has 128 valence electrons. The fourth-order valence-electron chi connectivity index (χ4n) is 3.32. The van der Waals surface area contributed by atoms with Crippen LogP contribution in [0.3, 0.4) is 0 Å². The van der Waals surface area contributed by atoms with Gasteiger partial charge in [-0.3, -0.25) is 5.10 Å². The lowest BCUT2D eigenvalue weighted by Crippen LogP contribution is -2.40. The number of piperidine rings is 1. The van der Waals surface area contributed by atoms with Gasteiger partial charge in [-0.05, 0) is 56.0 Å². The molecule has 0 bridgehead atoms. The molecule has 7 heteroatoms. The van der Waals surface area contributed by atoms with Crippen LogP contribution >= 0.6 is 0 Å². The molecule has 2 aromatic rings. The minimum atomic E-state index is -3.12. The van der Waals surface area contributed by atoms with Gasteiger partial charge in [0.15, 0.2) is 0 Å². The number of halogens is 1. The molecule has 1 saturated carbocycles. The Kier molecular flexibility index (Phi) is 3.92. The van der Waals surface area contributed by atoms with E-state index in [1.807, 2.05) is 6.07 Å². The van der Waals surface area contributed by atoms with Crippen LogP contribution in [0.4, 0.5) is 4.39 Å². The van der Waals surface area contributed by atoms with Gasteiger partial charge in [0.25, 0.3) is 0 Å². The van der Waals surface area contributed by atoms with E-state index in [9.17, 15) is 12.8 Å². The second-order valence-electron chi connectivity index (χ2n) is 6.66. The van der Waals surface area contributed by atoms with Crippen LogP contribution in [0, 0.1) is 5.82 Å². The van der Waals surface area contributed by atoms with Gasteiger partial charge >= 0.3 is 0 Å². The van der Waals surface area contributed by atoms with Crippen LogP contribution in [0.5, 0.6) is 0 Å². The third-order valence-electron chi connectivity index (χ3n) is 4.87. The first-order valence-corrected chi connectivity index (χ1v) is 9.84. The molecule has 1 aromatic carbocycles. The highest BCUT2D eigenvalue weighted by atomic mass is 32.2. The second-order valence-corrected chi connectivity index (χ2v) is 8.87. The van der Waals surface area contributed by atoms with Crippen molar-refractivity contribution in [1.29, 1.82) is 0 Å². The third-order valence-corrected chi connectivity index (χ3v) is 7.23. The number of sulfonamides is 1. The number of nitrogens with one attached hydrogen (secondary N) is 1. The average Bonchev–Trinajstić information content (AvgIpc) is 3.34. The Labute approximate surface area is 140 Å². The van der Waals surface area contributed by atoms with Crippen LogP contribution in [0.2, 0.25) is 0 Å². The molecule has 5 nitrogen and oxygen atoms in total. The summed E-state index contributed by atoms with van der Waals surface area (Å²) in [5, 5.41) is 7.19. The number of H-pyrrole nitrogens is 1. The molecule has 2 fully saturated rings. The zero-order valence-corrected chi connectivity index (χ0v) is 14.1. The SMILES string of the molecule is O=S(=O)(C1CC1)N1CCC[C@H](c2cc(-c3ccc(F)cc3)n[nH]2)C1. The van der Waals surface area contributed by atoms with Crippen molar-refractivity contribution in [3.8, 4) is 11.3 Å². The van der Waals surface area contributed by atoms with Crippen LogP contribution in [0.1, 0.15) is 37.3 Å². The van der Waals surface area contributed by atoms with Gasteiger partial charge in [-0.1, -0.05) is 0 Å². The van der Waals surface area contributed by atoms with Gasteiger partial charge in [0, 0.05) is 30.3 Å². The van der Waals surface area contributed by atoms with E-state index in [2.05, 4.69) is 10.2 Å². The molecule has 0 spiro atoms. The lowest BCUT2D eigenvalue weighted by Gasteiger charge is -2.31. The molecule has 1 aromatic heterocycles. The maximum absolute atomic E-state index is 13.0. The summed E-state index contributed by atoms with van der Waals surface area (Å²) in [6.07, 6.45) is 3.40. The summed E-state index contributed by atoms with van der Waals surface area (Å²) in [4.78, 5) is 0. The van der Waals surface area contributed by atoms with Gasteiger partial charge < -0.3 is 0 Å². The maximum Gasteiger partial charge on any atom is 0.217 e. The number of rotatable bonds is 4. The van der Waals surface area contributed by atoms with Crippen molar-refractivity contribution in [3.63, 3.8) is 0 Å². The third kappa shape index (κ3) is 2.98. The summed E-state index contributed by atoms with van der Waals surface area (Å²) in [5.74, 6) is -0.142. The molecule has 1 atom stereocenters. The first kappa shape index (κ1) is 15.8. The minimum absolute atomic E-state index is 0.133. The van der Waals surface area contributed by atoms with Gasteiger partial charge in [-0.15, -0.1) is 0 Å². The quantitative estimate of drug-likeness (QED) is 0.923. The van der Waals surface area contributed by atoms with Gasteiger partial charge in [0.2, 0.25) is 10.0 Å². The Bertz CT molecular complexity index is 828. The van der Waals surface area contributed by atoms with E-state index in [1.165, 1.54) is 12.1 Å². The normalized spacial score (nSPS) is 22.6. The van der Waals surface area contributed by atoms with E-state index >= 15 is 0 Å². The average molecular weight is 349 g/mol. The van der Waals surface area contributed by atoms with Crippen molar-refractivity contribution < 1.29 is 12.8 Å². The molecule has 1 aliphatic heterocycles. The molecular formula is C17H20FN3O2S. The van der Waals surface area contributed by atoms with Crippen LogP contribution < -0.4 is 0 Å². The lowest BCUT2D eigenvalue weighted by molar-refractivity contribution is 0.312. The number of benzene rings is 1. The Hall–Kier alpha value is -1.73. The number of nitrogens with zero attached hydrogens (tertiary/aromatic N) is 2. The summed E-state index contributed by atoms with van der Waals surface area (Å²) in [6.45, 7) is 1.14. The van der Waals surface area contributed by atoms with E-state index in [0.29, 0.717) is 13.1 Å². The fraction of sp³-hybridized carbons (Fsp3) is 0.471. The Morgan fingerprint density at radius 1 is 1.17 bits per heavy atom. The number of hydrogen-bond acceptors (Lipinski definition) is 3. The molecule has 2 aliphatic rings. The molecule has 0 amide bonds. The second kappa shape index (κ2) is 5.97. The monoisotopic (exact) mass is 349 g/mol. The van der Waals surface area contributed by atoms with E-state index in [4.69, 9.17) is 0 Å². The highest BCUT2D eigenvalue weighted by Gasteiger charge is 2.41. The minimum Gasteiger partial charge on any atom is -0.282 e. The number of hydrogen-bond donors (Lipinski definition) is 1. The number of aromatic nitrogens is 2. The van der Waals surface area contributed by atoms with E-state index in [0.717, 1.165) is 42.6 Å². The standard InChI is InChI=1S/C17H20FN3O2S/c18-14-5-3-12(4-6-14)16-10-17(20-19-16)13-2-1-9-21(11-13)24(22,23)15-7-8-15/h3-6,10,13,15H,1-2,7-9,11H2,(H,19,20)/t13-/m0/s1. The topological polar surface area (TPSA) is 66.1 Å². The van der Waals surface area contributed by atoms with E-state index < -0.39 is 10.0 Å². The van der Waals surface area contributed by atoms with Gasteiger partial charge in [-0.25, -0.2) is 17.1 Å². The highest BCUT2D eigenvalue weighted by molar-refractivity contribution is 7.90. The Balaban J connectivity index is 1.52. The largest absolute Gasteiger partial charge is 0.282 e. The highest BCUT2D eigenvalue weighted by Crippen LogP contribution is 2.35. The Morgan fingerprint density at radius 2 is 1.92 bits per heavy atom. The maximum atomic E-state index is 13.0. The molecule has 0 unspecified atom stereocenters. The van der Waals surface area contributed by atoms with Crippen LogP contribution in [0.15, 0.2) is 30.3 Å². The molecule has 1 saturated heterocycles. The van der Waals surface area contributed by atoms with Crippen molar-refractivity contribution >= 4 is 10.0 Å². The predicted molar refractivity (Wildman–Crippen MR) is 89.5 cm³/mol. The van der Waals surface area contributed by atoms with Crippen LogP contribution in [0.25, 0.3) is 11.3 Å². The molecule has 1 aliphatic carbocycles. The summed E-state index contributed by atoms with van der Waals surface area (Å²) >= 11 is 0. The molecule has 4 rings (SSSR count). The van der Waals surface area contributed by atoms with E-state index in [1.54, 1.807) is 16.4 Å². The van der Waals surface area contributed by atoms with Gasteiger partial charge in [0.05, 0.1) is 10.9 Å². The predicted octanol–water partition coefficient (Wildman–Crippen LogP) is 2.89. The summed E-state index contributed by atoms with van der Waals surface area (Å²) < 4.78 is 39.6. The first-order chi connectivity index (χ1) is 11.5. The first-order valence-electron chi connectivity index (χ1n) is 8.34. The van der Waals surface area contributed by atoms with Crippen LogP contribution in [-0.2, 0) is 10.0 Å². The molecule has 2 heterocycles. The number of aromatic amines is 1. The van der Waals surface area contributed by atoms with Crippen molar-refractivity contribution in [3.05, 3.63) is 41.8 Å². The smallest absolute Gasteiger partial charge is 0.217 e. The summed E-state index contributed by atoms with van der Waals surface area (Å²) in [5.41, 5.74) is 2.55. The zero-order valence-electron chi connectivity index (χ0n) is 13.3. The van der Waals surface area contributed by atoms with Crippen LogP contribution in [-0.4, -0.2) is 41.3 Å².